The number of hydrogen-bond donors (Lipinski definition) is 1. The van der Waals surface area contributed by atoms with Crippen LogP contribution in [0.15, 0.2) is 16.6 Å². The summed E-state index contributed by atoms with van der Waals surface area (Å²) in [5, 5.41) is 9.66. The van der Waals surface area contributed by atoms with Crippen LogP contribution < -0.4 is 0 Å². The van der Waals surface area contributed by atoms with Crippen molar-refractivity contribution in [2.75, 3.05) is 0 Å². The third kappa shape index (κ3) is 1.26. The maximum absolute atomic E-state index is 10.9. The van der Waals surface area contributed by atoms with Gasteiger partial charge in [-0.1, -0.05) is 27.5 Å². The highest BCUT2D eigenvalue weighted by Crippen LogP contribution is 2.62. The Morgan fingerprint density at radius 1 is 1.53 bits per heavy atom. The smallest absolute Gasteiger partial charge is 0.307 e. The molecule has 1 aromatic carbocycles. The van der Waals surface area contributed by atoms with Crippen molar-refractivity contribution in [3.63, 3.8) is 0 Å². The zero-order valence-corrected chi connectivity index (χ0v) is 10.0. The SMILES string of the molecule is O=C(O)[C@@H]1[C@@H]2Cc3c(Br)cc(Cl)cc3[C@@H]21. The van der Waals surface area contributed by atoms with Crippen LogP contribution in [-0.2, 0) is 11.2 Å². The monoisotopic (exact) mass is 286 g/mol. The van der Waals surface area contributed by atoms with Crippen molar-refractivity contribution in [2.45, 2.75) is 12.3 Å². The summed E-state index contributed by atoms with van der Waals surface area (Å²) >= 11 is 9.43. The Morgan fingerprint density at radius 3 is 2.93 bits per heavy atom. The van der Waals surface area contributed by atoms with Gasteiger partial charge in [-0.25, -0.2) is 0 Å². The van der Waals surface area contributed by atoms with Crippen molar-refractivity contribution in [1.29, 1.82) is 0 Å². The molecule has 0 saturated heterocycles. The number of halogens is 2. The summed E-state index contributed by atoms with van der Waals surface area (Å²) < 4.78 is 1.02. The molecule has 1 aromatic rings. The summed E-state index contributed by atoms with van der Waals surface area (Å²) in [7, 11) is 0. The van der Waals surface area contributed by atoms with Crippen molar-refractivity contribution in [3.05, 3.63) is 32.8 Å². The molecular formula is C11H8BrClO2. The zero-order chi connectivity index (χ0) is 10.7. The molecule has 0 amide bonds. The molecule has 3 atom stereocenters. The first-order valence-electron chi connectivity index (χ1n) is 4.80. The lowest BCUT2D eigenvalue weighted by Crippen LogP contribution is -2.05. The lowest BCUT2D eigenvalue weighted by molar-refractivity contribution is -0.139. The minimum atomic E-state index is -0.674. The van der Waals surface area contributed by atoms with Crippen LogP contribution in [0.5, 0.6) is 0 Å². The van der Waals surface area contributed by atoms with Crippen molar-refractivity contribution >= 4 is 33.5 Å². The Morgan fingerprint density at radius 2 is 2.27 bits per heavy atom. The molecule has 0 aliphatic heterocycles. The summed E-state index contributed by atoms with van der Waals surface area (Å²) in [6.45, 7) is 0. The molecule has 0 heterocycles. The fraction of sp³-hybridized carbons (Fsp3) is 0.364. The second kappa shape index (κ2) is 2.98. The van der Waals surface area contributed by atoms with Crippen LogP contribution in [-0.4, -0.2) is 11.1 Å². The molecule has 15 heavy (non-hydrogen) atoms. The lowest BCUT2D eigenvalue weighted by Gasteiger charge is -2.08. The molecule has 0 unspecified atom stereocenters. The molecule has 3 rings (SSSR count). The molecule has 2 aliphatic rings. The van der Waals surface area contributed by atoms with Crippen molar-refractivity contribution in [1.82, 2.24) is 0 Å². The van der Waals surface area contributed by atoms with E-state index in [2.05, 4.69) is 15.9 Å². The maximum Gasteiger partial charge on any atom is 0.307 e. The van der Waals surface area contributed by atoms with E-state index in [1.165, 1.54) is 5.56 Å². The Bertz CT molecular complexity index is 472. The largest absolute Gasteiger partial charge is 0.481 e. The van der Waals surface area contributed by atoms with Gasteiger partial charge in [0.1, 0.15) is 0 Å². The number of hydrogen-bond acceptors (Lipinski definition) is 1. The third-order valence-electron chi connectivity index (χ3n) is 3.45. The van der Waals surface area contributed by atoms with E-state index in [-0.39, 0.29) is 11.8 Å². The molecule has 78 valence electrons. The zero-order valence-electron chi connectivity index (χ0n) is 7.71. The summed E-state index contributed by atoms with van der Waals surface area (Å²) in [4.78, 5) is 10.9. The molecule has 0 bridgehead atoms. The second-order valence-electron chi connectivity index (χ2n) is 4.21. The van der Waals surface area contributed by atoms with E-state index in [1.807, 2.05) is 12.1 Å². The molecule has 0 spiro atoms. The second-order valence-corrected chi connectivity index (χ2v) is 5.50. The number of fused-ring (bicyclic) bond motifs is 3. The normalized spacial score (nSPS) is 30.9. The van der Waals surface area contributed by atoms with E-state index in [1.54, 1.807) is 0 Å². The minimum Gasteiger partial charge on any atom is -0.481 e. The first kappa shape index (κ1) is 9.67. The van der Waals surface area contributed by atoms with Crippen LogP contribution in [0.3, 0.4) is 0 Å². The van der Waals surface area contributed by atoms with Gasteiger partial charge >= 0.3 is 5.97 Å². The number of benzene rings is 1. The number of rotatable bonds is 1. The van der Waals surface area contributed by atoms with Gasteiger partial charge in [0, 0.05) is 15.4 Å². The molecule has 0 aromatic heterocycles. The third-order valence-corrected chi connectivity index (χ3v) is 4.37. The average Bonchev–Trinajstić information content (AvgIpc) is 2.74. The van der Waals surface area contributed by atoms with Gasteiger partial charge in [-0.15, -0.1) is 0 Å². The van der Waals surface area contributed by atoms with Crippen LogP contribution >= 0.6 is 27.5 Å². The Labute approximate surface area is 100 Å². The van der Waals surface area contributed by atoms with E-state index >= 15 is 0 Å². The van der Waals surface area contributed by atoms with E-state index in [4.69, 9.17) is 16.7 Å². The Hall–Kier alpha value is -0.540. The van der Waals surface area contributed by atoms with Gasteiger partial charge in [0.15, 0.2) is 0 Å². The predicted octanol–water partition coefficient (Wildman–Crippen LogP) is 3.07. The van der Waals surface area contributed by atoms with Crippen molar-refractivity contribution in [3.8, 4) is 0 Å². The number of carbonyl (C=O) groups is 1. The number of aliphatic carboxylic acids is 1. The van der Waals surface area contributed by atoms with Gasteiger partial charge in [-0.3, -0.25) is 4.79 Å². The highest BCUT2D eigenvalue weighted by atomic mass is 79.9. The fourth-order valence-electron chi connectivity index (χ4n) is 2.76. The van der Waals surface area contributed by atoms with Gasteiger partial charge in [0.2, 0.25) is 0 Å². The van der Waals surface area contributed by atoms with Gasteiger partial charge in [-0.2, -0.15) is 0 Å². The molecule has 0 radical (unpaired) electrons. The van der Waals surface area contributed by atoms with E-state index < -0.39 is 5.97 Å². The summed E-state index contributed by atoms with van der Waals surface area (Å²) in [6, 6.07) is 3.79. The van der Waals surface area contributed by atoms with E-state index in [0.29, 0.717) is 10.9 Å². The standard InChI is InChI=1S/C11H8BrClO2/c12-8-2-4(13)1-6-5(8)3-7-9(6)10(7)11(14)15/h1-2,7,9-10H,3H2,(H,14,15)/t7-,9+,10-/m1/s1. The van der Waals surface area contributed by atoms with Crippen LogP contribution in [0.1, 0.15) is 17.0 Å². The van der Waals surface area contributed by atoms with E-state index in [9.17, 15) is 4.79 Å². The molecule has 4 heteroatoms. The maximum atomic E-state index is 10.9. The van der Waals surface area contributed by atoms with E-state index in [0.717, 1.165) is 16.5 Å². The highest BCUT2D eigenvalue weighted by molar-refractivity contribution is 9.10. The molecule has 1 saturated carbocycles. The highest BCUT2D eigenvalue weighted by Gasteiger charge is 2.60. The molecular weight excluding hydrogens is 279 g/mol. The first-order valence-corrected chi connectivity index (χ1v) is 5.97. The molecule has 1 N–H and O–H groups in total. The van der Waals surface area contributed by atoms with Gasteiger partial charge < -0.3 is 5.11 Å². The van der Waals surface area contributed by atoms with Crippen LogP contribution in [0.4, 0.5) is 0 Å². The summed E-state index contributed by atoms with van der Waals surface area (Å²) in [6.07, 6.45) is 0.870. The fourth-order valence-corrected chi connectivity index (χ4v) is 3.76. The lowest BCUT2D eigenvalue weighted by atomic mass is 10.0. The summed E-state index contributed by atoms with van der Waals surface area (Å²) in [5.41, 5.74) is 2.37. The first-order chi connectivity index (χ1) is 7.09. The number of carboxylic acid groups (broad SMARTS) is 1. The Kier molecular flexibility index (Phi) is 1.92. The molecule has 1 fully saturated rings. The van der Waals surface area contributed by atoms with Crippen molar-refractivity contribution in [2.24, 2.45) is 11.8 Å². The van der Waals surface area contributed by atoms with Gasteiger partial charge in [0.25, 0.3) is 0 Å². The van der Waals surface area contributed by atoms with Crippen molar-refractivity contribution < 1.29 is 9.90 Å². The average molecular weight is 288 g/mol. The van der Waals surface area contributed by atoms with Gasteiger partial charge in [0.05, 0.1) is 5.92 Å². The minimum absolute atomic E-state index is 0.178. The molecule has 2 aliphatic carbocycles. The van der Waals surface area contributed by atoms with Crippen LogP contribution in [0, 0.1) is 11.8 Å². The van der Waals surface area contributed by atoms with Crippen LogP contribution in [0.25, 0.3) is 0 Å². The summed E-state index contributed by atoms with van der Waals surface area (Å²) in [5.74, 6) is -0.352. The quantitative estimate of drug-likeness (QED) is 0.862. The predicted molar refractivity (Wildman–Crippen MR) is 60.2 cm³/mol. The topological polar surface area (TPSA) is 37.3 Å². The van der Waals surface area contributed by atoms with Gasteiger partial charge in [-0.05, 0) is 35.6 Å². The van der Waals surface area contributed by atoms with Crippen LogP contribution in [0.2, 0.25) is 5.02 Å². The Balaban J connectivity index is 2.05. The number of carboxylic acids is 1. The molecule has 2 nitrogen and oxygen atoms in total.